The first kappa shape index (κ1) is 18.5. The third kappa shape index (κ3) is 3.13. The number of para-hydroxylation sites is 3. The van der Waals surface area contributed by atoms with E-state index in [0.717, 1.165) is 28.0 Å². The quantitative estimate of drug-likeness (QED) is 0.457. The summed E-state index contributed by atoms with van der Waals surface area (Å²) in [5.41, 5.74) is 4.94. The molecule has 6 heteroatoms. The van der Waals surface area contributed by atoms with Crippen molar-refractivity contribution in [3.8, 4) is 0 Å². The lowest BCUT2D eigenvalue weighted by atomic mass is 9.94. The van der Waals surface area contributed by atoms with E-state index < -0.39 is 0 Å². The van der Waals surface area contributed by atoms with Crippen LogP contribution in [0.5, 0.6) is 0 Å². The summed E-state index contributed by atoms with van der Waals surface area (Å²) in [6, 6.07) is 24.7. The Bertz CT molecular complexity index is 1280. The fourth-order valence-electron chi connectivity index (χ4n) is 3.94. The maximum atomic E-state index is 13.4. The molecule has 30 heavy (non-hydrogen) atoms. The minimum atomic E-state index is -0.338. The van der Waals surface area contributed by atoms with E-state index in [1.165, 1.54) is 0 Å². The molecule has 2 N–H and O–H groups in total. The number of aromatic nitrogens is 2. The molecular weight excluding hydrogens is 396 g/mol. The van der Waals surface area contributed by atoms with Crippen LogP contribution in [-0.2, 0) is 4.79 Å². The summed E-state index contributed by atoms with van der Waals surface area (Å²) in [4.78, 5) is 18.2. The Morgan fingerprint density at radius 1 is 1.00 bits per heavy atom. The highest BCUT2D eigenvalue weighted by molar-refractivity contribution is 6.30. The van der Waals surface area contributed by atoms with Crippen molar-refractivity contribution in [3.05, 3.63) is 101 Å². The van der Waals surface area contributed by atoms with Crippen molar-refractivity contribution in [1.82, 2.24) is 9.55 Å². The summed E-state index contributed by atoms with van der Waals surface area (Å²) in [6.45, 7) is 1.91. The monoisotopic (exact) mass is 414 g/mol. The summed E-state index contributed by atoms with van der Waals surface area (Å²) >= 11 is 6.14. The smallest absolute Gasteiger partial charge is 0.255 e. The fraction of sp³-hybridized carbons (Fsp3) is 0.0833. The summed E-state index contributed by atoms with van der Waals surface area (Å²) in [6.07, 6.45) is 0. The number of hydrogen-bond acceptors (Lipinski definition) is 3. The van der Waals surface area contributed by atoms with Crippen molar-refractivity contribution >= 4 is 40.2 Å². The molecule has 2 heterocycles. The Hall–Kier alpha value is -3.57. The fourth-order valence-corrected chi connectivity index (χ4v) is 4.06. The van der Waals surface area contributed by atoms with Crippen LogP contribution in [-0.4, -0.2) is 15.5 Å². The number of carbonyl (C=O) groups excluding carboxylic acids is 1. The van der Waals surface area contributed by atoms with Gasteiger partial charge in [-0.25, -0.2) is 4.98 Å². The second-order valence-corrected chi connectivity index (χ2v) is 7.67. The number of fused-ring (bicyclic) bond motifs is 3. The zero-order valence-corrected chi connectivity index (χ0v) is 17.0. The van der Waals surface area contributed by atoms with E-state index in [4.69, 9.17) is 16.6 Å². The van der Waals surface area contributed by atoms with Gasteiger partial charge in [0.1, 0.15) is 0 Å². The molecule has 0 spiro atoms. The number of rotatable bonds is 3. The summed E-state index contributed by atoms with van der Waals surface area (Å²) in [7, 11) is 0. The largest absolute Gasteiger partial charge is 0.329 e. The first-order valence-corrected chi connectivity index (χ1v) is 10.1. The van der Waals surface area contributed by atoms with Crippen LogP contribution in [0.25, 0.3) is 11.0 Å². The third-order valence-corrected chi connectivity index (χ3v) is 5.54. The molecule has 1 atom stereocenters. The number of halogens is 1. The van der Waals surface area contributed by atoms with Gasteiger partial charge in [0.2, 0.25) is 5.95 Å². The van der Waals surface area contributed by atoms with Crippen molar-refractivity contribution in [2.75, 3.05) is 10.6 Å². The molecule has 1 aromatic heterocycles. The van der Waals surface area contributed by atoms with Gasteiger partial charge in [-0.2, -0.15) is 0 Å². The molecule has 0 fully saturated rings. The highest BCUT2D eigenvalue weighted by Gasteiger charge is 2.34. The van der Waals surface area contributed by atoms with Gasteiger partial charge in [-0.3, -0.25) is 9.36 Å². The van der Waals surface area contributed by atoms with Gasteiger partial charge in [-0.15, -0.1) is 0 Å². The van der Waals surface area contributed by atoms with Crippen LogP contribution in [0.1, 0.15) is 18.5 Å². The summed E-state index contributed by atoms with van der Waals surface area (Å²) in [5, 5.41) is 7.00. The average molecular weight is 415 g/mol. The van der Waals surface area contributed by atoms with Crippen LogP contribution in [0.2, 0.25) is 5.02 Å². The molecule has 0 bridgehead atoms. The highest BCUT2D eigenvalue weighted by atomic mass is 35.5. The maximum Gasteiger partial charge on any atom is 0.255 e. The molecule has 0 saturated heterocycles. The van der Waals surface area contributed by atoms with Crippen LogP contribution in [0.4, 0.5) is 11.6 Å². The van der Waals surface area contributed by atoms with Gasteiger partial charge < -0.3 is 10.6 Å². The molecule has 0 unspecified atom stereocenters. The molecule has 0 radical (unpaired) electrons. The van der Waals surface area contributed by atoms with E-state index in [-0.39, 0.29) is 11.9 Å². The first-order valence-electron chi connectivity index (χ1n) is 9.68. The standard InChI is InChI=1S/C24H19ClN4O/c1-15-21(23(30)27-18-7-3-2-4-8-18)22(16-11-13-17(25)14-12-16)29-20-10-6-5-9-19(20)28-24(29)26-15/h2-14,22H,1H3,(H,26,28)(H,27,30)/t22-/m1/s1. The molecule has 4 aromatic rings. The second kappa shape index (κ2) is 7.35. The topological polar surface area (TPSA) is 59.0 Å². The van der Waals surface area contributed by atoms with E-state index in [1.807, 2.05) is 85.8 Å². The third-order valence-electron chi connectivity index (χ3n) is 5.29. The van der Waals surface area contributed by atoms with Gasteiger partial charge in [0.25, 0.3) is 5.91 Å². The number of benzene rings is 3. The summed E-state index contributed by atoms with van der Waals surface area (Å²) < 4.78 is 2.07. The molecule has 5 nitrogen and oxygen atoms in total. The molecule has 3 aromatic carbocycles. The van der Waals surface area contributed by atoms with Crippen LogP contribution >= 0.6 is 11.6 Å². The zero-order valence-electron chi connectivity index (χ0n) is 16.3. The van der Waals surface area contributed by atoms with Crippen molar-refractivity contribution < 1.29 is 4.79 Å². The van der Waals surface area contributed by atoms with E-state index in [2.05, 4.69) is 15.2 Å². The van der Waals surface area contributed by atoms with E-state index >= 15 is 0 Å². The Morgan fingerprint density at radius 2 is 1.70 bits per heavy atom. The number of allylic oxidation sites excluding steroid dienone is 1. The predicted octanol–water partition coefficient (Wildman–Crippen LogP) is 5.62. The number of anilines is 2. The van der Waals surface area contributed by atoms with Crippen LogP contribution in [0, 0.1) is 0 Å². The molecule has 5 rings (SSSR count). The van der Waals surface area contributed by atoms with Crippen molar-refractivity contribution in [2.45, 2.75) is 13.0 Å². The second-order valence-electron chi connectivity index (χ2n) is 7.23. The first-order chi connectivity index (χ1) is 14.6. The highest BCUT2D eigenvalue weighted by Crippen LogP contribution is 2.39. The Labute approximate surface area is 179 Å². The summed E-state index contributed by atoms with van der Waals surface area (Å²) in [5.74, 6) is 0.555. The minimum absolute atomic E-state index is 0.158. The number of amides is 1. The van der Waals surface area contributed by atoms with Gasteiger partial charge >= 0.3 is 0 Å². The number of carbonyl (C=O) groups is 1. The number of hydrogen-bond donors (Lipinski definition) is 2. The Kier molecular flexibility index (Phi) is 4.52. The SMILES string of the molecule is CC1=C(C(=O)Nc2ccccc2)[C@@H](c2ccc(Cl)cc2)n2c(nc3ccccc32)N1. The van der Waals surface area contributed by atoms with Gasteiger partial charge in [0.15, 0.2) is 0 Å². The molecular formula is C24H19ClN4O. The lowest BCUT2D eigenvalue weighted by Crippen LogP contribution is -2.30. The predicted molar refractivity (Wildman–Crippen MR) is 121 cm³/mol. The van der Waals surface area contributed by atoms with Gasteiger partial charge in [-0.1, -0.05) is 54.1 Å². The number of nitrogens with zero attached hydrogens (tertiary/aromatic N) is 2. The van der Waals surface area contributed by atoms with Crippen LogP contribution in [0.15, 0.2) is 90.1 Å². The van der Waals surface area contributed by atoms with Gasteiger partial charge in [-0.05, 0) is 48.9 Å². The number of nitrogens with one attached hydrogen (secondary N) is 2. The lowest BCUT2D eigenvalue weighted by Gasteiger charge is -2.30. The van der Waals surface area contributed by atoms with Gasteiger partial charge in [0.05, 0.1) is 22.6 Å². The van der Waals surface area contributed by atoms with E-state index in [0.29, 0.717) is 16.5 Å². The molecule has 0 aliphatic carbocycles. The maximum absolute atomic E-state index is 13.4. The Balaban J connectivity index is 1.68. The van der Waals surface area contributed by atoms with Crippen molar-refractivity contribution in [1.29, 1.82) is 0 Å². The van der Waals surface area contributed by atoms with Crippen LogP contribution < -0.4 is 10.6 Å². The zero-order chi connectivity index (χ0) is 20.7. The minimum Gasteiger partial charge on any atom is -0.329 e. The van der Waals surface area contributed by atoms with Crippen LogP contribution in [0.3, 0.4) is 0 Å². The molecule has 148 valence electrons. The normalized spacial score (nSPS) is 15.6. The lowest BCUT2D eigenvalue weighted by molar-refractivity contribution is -0.113. The Morgan fingerprint density at radius 3 is 2.47 bits per heavy atom. The molecule has 1 amide bonds. The van der Waals surface area contributed by atoms with E-state index in [9.17, 15) is 4.79 Å². The number of imidazole rings is 1. The van der Waals surface area contributed by atoms with E-state index in [1.54, 1.807) is 0 Å². The molecule has 1 aliphatic heterocycles. The van der Waals surface area contributed by atoms with Crippen molar-refractivity contribution in [2.24, 2.45) is 0 Å². The average Bonchev–Trinajstić information content (AvgIpc) is 3.12. The molecule has 0 saturated carbocycles. The van der Waals surface area contributed by atoms with Crippen molar-refractivity contribution in [3.63, 3.8) is 0 Å². The van der Waals surface area contributed by atoms with Gasteiger partial charge in [0, 0.05) is 16.4 Å². The molecule has 1 aliphatic rings.